The molecular weight excluding hydrogens is 878 g/mol. The number of hydrogen-bond donors (Lipinski definition) is 4. The van der Waals surface area contributed by atoms with Gasteiger partial charge < -0.3 is 39.3 Å². The summed E-state index contributed by atoms with van der Waals surface area (Å²) in [6.07, 6.45) is 11.3. The number of rotatable bonds is 2. The third kappa shape index (κ3) is 10.5. The summed E-state index contributed by atoms with van der Waals surface area (Å²) < 4.78 is 16.7. The van der Waals surface area contributed by atoms with Crippen molar-refractivity contribution in [3.05, 3.63) is 106 Å². The van der Waals surface area contributed by atoms with Crippen LogP contribution < -0.4 is 20.1 Å². The number of ether oxygens (including phenoxy) is 2. The van der Waals surface area contributed by atoms with Crippen LogP contribution in [0, 0.1) is 3.57 Å². The second-order valence-electron chi connectivity index (χ2n) is 15.0. The number of halogens is 1. The minimum absolute atomic E-state index is 0.208. The van der Waals surface area contributed by atoms with E-state index < -0.39 is 7.12 Å². The summed E-state index contributed by atoms with van der Waals surface area (Å²) in [5, 5.41) is 38.6. The van der Waals surface area contributed by atoms with Gasteiger partial charge in [0.2, 0.25) is 0 Å². The van der Waals surface area contributed by atoms with Gasteiger partial charge in [0.25, 0.3) is 11.8 Å². The zero-order valence-electron chi connectivity index (χ0n) is 32.8. The van der Waals surface area contributed by atoms with E-state index in [-0.39, 0.29) is 17.6 Å². The fourth-order valence-corrected chi connectivity index (χ4v) is 7.20. The predicted octanol–water partition coefficient (Wildman–Crippen LogP) is 6.64. The molecule has 0 unspecified atom stereocenters. The molecule has 2 saturated carbocycles. The smallest absolute Gasteiger partial charge is 0.454 e. The zero-order chi connectivity index (χ0) is 41.4. The molecule has 60 heavy (non-hydrogen) atoms. The van der Waals surface area contributed by atoms with Crippen molar-refractivity contribution in [2.75, 3.05) is 23.8 Å². The number of pyridine rings is 2. The fraction of sp³-hybridized carbons (Fsp3) is 0.333. The van der Waals surface area contributed by atoms with Gasteiger partial charge >= 0.3 is 7.12 Å². The lowest BCUT2D eigenvalue weighted by Crippen LogP contribution is -2.16. The number of carbonyl (C=O) groups is 2. The number of carbonyl (C=O) groups excluding carboxylic acids is 2. The van der Waals surface area contributed by atoms with Gasteiger partial charge in [0.05, 0.1) is 24.3 Å². The highest BCUT2D eigenvalue weighted by Crippen LogP contribution is 2.41. The van der Waals surface area contributed by atoms with E-state index in [1.54, 1.807) is 24.8 Å². The van der Waals surface area contributed by atoms with E-state index in [0.717, 1.165) is 55.2 Å². The molecule has 2 amide bonds. The fourth-order valence-electron chi connectivity index (χ4n) is 6.71. The number of amides is 2. The van der Waals surface area contributed by atoms with Crippen molar-refractivity contribution in [3.63, 3.8) is 0 Å². The van der Waals surface area contributed by atoms with E-state index in [1.807, 2.05) is 63.7 Å². The van der Waals surface area contributed by atoms with Crippen LogP contribution in [0.4, 0.5) is 11.6 Å². The number of anilines is 2. The maximum absolute atomic E-state index is 13.0. The molecule has 0 saturated heterocycles. The summed E-state index contributed by atoms with van der Waals surface area (Å²) >= 11 is 2.18. The highest BCUT2D eigenvalue weighted by atomic mass is 127. The van der Waals surface area contributed by atoms with Crippen LogP contribution in [0.5, 0.6) is 11.5 Å². The van der Waals surface area contributed by atoms with E-state index in [4.69, 9.17) is 19.5 Å². The Morgan fingerprint density at radius 3 is 1.70 bits per heavy atom. The lowest BCUT2D eigenvalue weighted by atomic mass is 9.84. The third-order valence-corrected chi connectivity index (χ3v) is 11.0. The van der Waals surface area contributed by atoms with Crippen molar-refractivity contribution >= 4 is 53.2 Å². The number of nitrogens with one attached hydrogen (secondary N) is 2. The standard InChI is InChI=1S/C21H21N5O2.C18H16IN5O2.C3H7BO2/c27-21-16-12-15(14-6-7-14)8-9-18(16)28-11-2-1-10-26-13-22-25-20(26)17-4-3-5-19(23-17)24-21;19-12-6-7-15-13(10-12)18(25)22-16-5-3-4-14(21-16)17-23-20-11-24(17)8-1-2-9-26-15;5-4(6)3-1-2-3/h3-5,8-9,12-14H,1-2,6-7,10-11H2,(H,23,24,27);3-7,10-11H,1-2,8-9H2,(H,21,22,25);3,5-6H,1-2H2. The van der Waals surface area contributed by atoms with Gasteiger partial charge in [-0.2, -0.15) is 0 Å². The molecule has 2 fully saturated rings. The zero-order valence-corrected chi connectivity index (χ0v) is 34.9. The third-order valence-electron chi connectivity index (χ3n) is 10.3. The topological polar surface area (TPSA) is 204 Å². The first-order chi connectivity index (χ1) is 29.3. The predicted molar refractivity (Wildman–Crippen MR) is 233 cm³/mol. The largest absolute Gasteiger partial charge is 0.493 e. The second-order valence-corrected chi connectivity index (χ2v) is 16.2. The molecule has 18 heteroatoms. The molecule has 6 aromatic rings. The molecule has 2 aromatic carbocycles. The summed E-state index contributed by atoms with van der Waals surface area (Å²) in [5.41, 5.74) is 3.64. The Morgan fingerprint density at radius 2 is 1.20 bits per heavy atom. The van der Waals surface area contributed by atoms with Gasteiger partial charge in [0.15, 0.2) is 11.6 Å². The van der Waals surface area contributed by atoms with E-state index in [9.17, 15) is 9.59 Å². The summed E-state index contributed by atoms with van der Waals surface area (Å²) in [6.45, 7) is 2.67. The molecular formula is C42H44BIN10O6. The summed E-state index contributed by atoms with van der Waals surface area (Å²) in [4.78, 5) is 34.9. The molecule has 0 atom stereocenters. The van der Waals surface area contributed by atoms with Crippen LogP contribution in [-0.4, -0.2) is 81.7 Å². The van der Waals surface area contributed by atoms with Crippen LogP contribution in [0.25, 0.3) is 23.0 Å². The first kappa shape index (κ1) is 41.0. The van der Waals surface area contributed by atoms with Crippen LogP contribution >= 0.6 is 22.6 Å². The molecule has 4 N–H and O–H groups in total. The van der Waals surface area contributed by atoms with Gasteiger partial charge in [-0.25, -0.2) is 9.97 Å². The molecule has 4 aliphatic rings. The normalized spacial score (nSPS) is 16.2. The summed E-state index contributed by atoms with van der Waals surface area (Å²) in [7, 11) is -1.04. The Bertz CT molecular complexity index is 2450. The Morgan fingerprint density at radius 1 is 0.667 bits per heavy atom. The molecule has 6 heterocycles. The Balaban J connectivity index is 0.000000146. The lowest BCUT2D eigenvalue weighted by Gasteiger charge is -2.15. The number of aromatic nitrogens is 8. The molecule has 4 aromatic heterocycles. The van der Waals surface area contributed by atoms with E-state index >= 15 is 0 Å². The van der Waals surface area contributed by atoms with Crippen molar-refractivity contribution in [1.29, 1.82) is 0 Å². The van der Waals surface area contributed by atoms with E-state index in [2.05, 4.69) is 69.7 Å². The quantitative estimate of drug-likeness (QED) is 0.107. The van der Waals surface area contributed by atoms with E-state index in [0.29, 0.717) is 76.4 Å². The summed E-state index contributed by atoms with van der Waals surface area (Å²) in [6, 6.07) is 22.5. The van der Waals surface area contributed by atoms with Crippen LogP contribution in [0.3, 0.4) is 0 Å². The van der Waals surface area contributed by atoms with Gasteiger partial charge in [-0.15, -0.1) is 20.4 Å². The average molecular weight is 923 g/mol. The van der Waals surface area contributed by atoms with Crippen molar-refractivity contribution < 1.29 is 29.1 Å². The SMILES string of the molecule is O=C1Nc2cccc(n2)-c2nncn2CCCCOc2ccc(C3CC3)cc21.O=C1Nc2cccc(n2)-c2nncn2CCCCOc2ccc(I)cc21.OB(O)C1CC1. The molecule has 10 rings (SSSR count). The average Bonchev–Trinajstić information content (AvgIpc) is 4.19. The Labute approximate surface area is 360 Å². The number of fused-ring (bicyclic) bond motifs is 10. The van der Waals surface area contributed by atoms with Crippen molar-refractivity contribution in [2.24, 2.45) is 0 Å². The van der Waals surface area contributed by atoms with Gasteiger partial charge in [-0.3, -0.25) is 9.59 Å². The van der Waals surface area contributed by atoms with Gasteiger partial charge in [-0.05, 0) is 133 Å². The second kappa shape index (κ2) is 19.1. The van der Waals surface area contributed by atoms with Gasteiger partial charge in [0.1, 0.15) is 47.2 Å². The van der Waals surface area contributed by atoms with Gasteiger partial charge in [-0.1, -0.05) is 31.0 Å². The molecule has 0 spiro atoms. The van der Waals surface area contributed by atoms with Crippen LogP contribution in [-0.2, 0) is 13.1 Å². The Kier molecular flexibility index (Phi) is 13.1. The first-order valence-electron chi connectivity index (χ1n) is 20.2. The molecule has 2 aliphatic carbocycles. The van der Waals surface area contributed by atoms with E-state index in [1.165, 1.54) is 18.4 Å². The number of benzene rings is 2. The first-order valence-corrected chi connectivity index (χ1v) is 21.3. The molecule has 2 aliphatic heterocycles. The minimum Gasteiger partial charge on any atom is -0.493 e. The number of aryl methyl sites for hydroxylation is 2. The lowest BCUT2D eigenvalue weighted by molar-refractivity contribution is 0.101. The molecule has 16 nitrogen and oxygen atoms in total. The van der Waals surface area contributed by atoms with Crippen molar-refractivity contribution in [2.45, 2.75) is 76.2 Å². The highest BCUT2D eigenvalue weighted by Gasteiger charge is 2.33. The maximum atomic E-state index is 13.0. The van der Waals surface area contributed by atoms with Crippen LogP contribution in [0.15, 0.2) is 85.5 Å². The van der Waals surface area contributed by atoms with Gasteiger partial charge in [0, 0.05) is 16.7 Å². The minimum atomic E-state index is -1.04. The Hall–Kier alpha value is -5.73. The van der Waals surface area contributed by atoms with Crippen molar-refractivity contribution in [3.8, 4) is 34.5 Å². The molecule has 4 bridgehead atoms. The van der Waals surface area contributed by atoms with Crippen LogP contribution in [0.2, 0.25) is 5.82 Å². The molecule has 0 radical (unpaired) electrons. The highest BCUT2D eigenvalue weighted by molar-refractivity contribution is 14.1. The monoisotopic (exact) mass is 922 g/mol. The maximum Gasteiger partial charge on any atom is 0.454 e. The van der Waals surface area contributed by atoms with Crippen molar-refractivity contribution in [1.82, 2.24) is 39.5 Å². The number of hydrogen-bond acceptors (Lipinski definition) is 12. The summed E-state index contributed by atoms with van der Waals surface area (Å²) in [5.74, 6) is 3.87. The van der Waals surface area contributed by atoms with Crippen LogP contribution in [0.1, 0.15) is 83.6 Å². The molecule has 308 valence electrons. The number of nitrogens with zero attached hydrogens (tertiary/aromatic N) is 8.